The molecule has 1 radical (unpaired) electrons. The van der Waals surface area contributed by atoms with E-state index in [4.69, 9.17) is 0 Å². The van der Waals surface area contributed by atoms with E-state index in [9.17, 15) is 14.9 Å². The molecule has 26 heavy (non-hydrogen) atoms. The summed E-state index contributed by atoms with van der Waals surface area (Å²) in [6, 6.07) is 0. The van der Waals surface area contributed by atoms with Gasteiger partial charge in [-0.1, -0.05) is 67.7 Å². The van der Waals surface area contributed by atoms with Crippen molar-refractivity contribution in [2.75, 3.05) is 0 Å². The Kier molecular flexibility index (Phi) is 17.0. The van der Waals surface area contributed by atoms with Crippen molar-refractivity contribution in [3.05, 3.63) is 82.6 Å². The van der Waals surface area contributed by atoms with Gasteiger partial charge < -0.3 is 0 Å². The Morgan fingerprint density at radius 3 is 1.96 bits per heavy atom. The molecule has 0 saturated carbocycles. The van der Waals surface area contributed by atoms with Crippen molar-refractivity contribution in [1.82, 2.24) is 0 Å². The smallest absolute Gasteiger partial charge is 0.246 e. The second-order valence-electron chi connectivity index (χ2n) is 5.55. The molecule has 4 nitrogen and oxygen atoms in total. The van der Waals surface area contributed by atoms with E-state index in [1.807, 2.05) is 36.7 Å². The van der Waals surface area contributed by atoms with E-state index < -0.39 is 0 Å². The van der Waals surface area contributed by atoms with Crippen molar-refractivity contribution < 1.29 is 9.72 Å². The molecule has 0 unspecified atom stereocenters. The molecule has 4 heteroatoms. The van der Waals surface area contributed by atoms with Gasteiger partial charge in [-0.3, -0.25) is 14.9 Å². The molecule has 141 valence electrons. The third kappa shape index (κ3) is 16.4. The summed E-state index contributed by atoms with van der Waals surface area (Å²) in [4.78, 5) is 20.7. The van der Waals surface area contributed by atoms with Crippen LogP contribution in [0.3, 0.4) is 0 Å². The lowest BCUT2D eigenvalue weighted by Gasteiger charge is -1.93. The fraction of sp³-hybridized carbons (Fsp3) is 0.409. The fourth-order valence-corrected chi connectivity index (χ4v) is 1.98. The summed E-state index contributed by atoms with van der Waals surface area (Å²) in [6.45, 7) is 2.11. The van der Waals surface area contributed by atoms with Crippen molar-refractivity contribution in [2.45, 2.75) is 58.3 Å². The van der Waals surface area contributed by atoms with E-state index in [1.54, 1.807) is 12.2 Å². The first kappa shape index (κ1) is 23.5. The largest absolute Gasteiger partial charge is 0.291 e. The van der Waals surface area contributed by atoms with Gasteiger partial charge in [0.25, 0.3) is 0 Å². The highest BCUT2D eigenvalue weighted by Gasteiger charge is 2.06. The number of allylic oxidation sites excluding steroid dienone is 11. The van der Waals surface area contributed by atoms with Gasteiger partial charge in [0.2, 0.25) is 5.70 Å². The molecule has 0 aliphatic carbocycles. The SMILES string of the molecule is CC/C=C\C/C=C\C/C=C\C/C=C(\C/C=C\C/C=C\CC[C]=O)[N+](=O)[O-]. The zero-order chi connectivity index (χ0) is 19.3. The highest BCUT2D eigenvalue weighted by molar-refractivity contribution is 5.50. The fourth-order valence-electron chi connectivity index (χ4n) is 1.98. The number of nitrogens with zero attached hydrogens (tertiary/aromatic N) is 1. The predicted molar refractivity (Wildman–Crippen MR) is 109 cm³/mol. The van der Waals surface area contributed by atoms with Crippen LogP contribution in [0.2, 0.25) is 0 Å². The van der Waals surface area contributed by atoms with Gasteiger partial charge in [-0.2, -0.15) is 0 Å². The molecule has 0 amide bonds. The van der Waals surface area contributed by atoms with Gasteiger partial charge in [0.1, 0.15) is 0 Å². The number of carbonyl (C=O) groups excluding carboxylic acids is 1. The average Bonchev–Trinajstić information content (AvgIpc) is 2.63. The Morgan fingerprint density at radius 2 is 1.38 bits per heavy atom. The van der Waals surface area contributed by atoms with Crippen molar-refractivity contribution in [1.29, 1.82) is 0 Å². The van der Waals surface area contributed by atoms with Crippen LogP contribution in [-0.2, 0) is 4.79 Å². The van der Waals surface area contributed by atoms with E-state index in [-0.39, 0.29) is 10.6 Å². The third-order valence-corrected chi connectivity index (χ3v) is 3.35. The summed E-state index contributed by atoms with van der Waals surface area (Å²) in [5.74, 6) is 0. The van der Waals surface area contributed by atoms with Crippen LogP contribution in [0.5, 0.6) is 0 Å². The summed E-state index contributed by atoms with van der Waals surface area (Å²) in [7, 11) is 0. The molecule has 0 N–H and O–H groups in total. The molecule has 0 aliphatic heterocycles. The molecular formula is C22H30NO3. The number of rotatable bonds is 15. The molecule has 0 atom stereocenters. The number of nitro groups is 1. The molecule has 0 bridgehead atoms. The van der Waals surface area contributed by atoms with E-state index in [0.29, 0.717) is 32.1 Å². The highest BCUT2D eigenvalue weighted by Crippen LogP contribution is 2.06. The van der Waals surface area contributed by atoms with Crippen molar-refractivity contribution in [2.24, 2.45) is 0 Å². The molecule has 0 spiro atoms. The standard InChI is InChI=1S/C22H30NO3/c1-2-3-4-5-6-7-8-10-13-16-19-22(23(25)26)20-17-14-11-9-12-15-18-21-24/h3-4,6-7,9-10,12-14,17,19H,2,5,8,11,15-16,18,20H2,1H3/b4-3-,7-6-,12-9-,13-10-,17-14-,22-19+. The molecule has 0 aromatic heterocycles. The molecule has 0 aliphatic rings. The molecule has 0 aromatic rings. The number of hydrogen-bond donors (Lipinski definition) is 0. The van der Waals surface area contributed by atoms with Crippen LogP contribution in [0.4, 0.5) is 0 Å². The van der Waals surface area contributed by atoms with Crippen molar-refractivity contribution in [3.63, 3.8) is 0 Å². The summed E-state index contributed by atoms with van der Waals surface area (Å²) in [5.41, 5.74) is 0.214. The first-order valence-electron chi connectivity index (χ1n) is 9.15. The molecule has 0 heterocycles. The summed E-state index contributed by atoms with van der Waals surface area (Å²) >= 11 is 0. The summed E-state index contributed by atoms with van der Waals surface area (Å²) < 4.78 is 0. The second-order valence-corrected chi connectivity index (χ2v) is 5.55. The first-order valence-corrected chi connectivity index (χ1v) is 9.15. The Bertz CT molecular complexity index is 552. The van der Waals surface area contributed by atoms with E-state index >= 15 is 0 Å². The van der Waals surface area contributed by atoms with Gasteiger partial charge in [0.05, 0.1) is 11.3 Å². The van der Waals surface area contributed by atoms with Gasteiger partial charge in [-0.15, -0.1) is 0 Å². The van der Waals surface area contributed by atoms with Gasteiger partial charge in [0.15, 0.2) is 6.29 Å². The van der Waals surface area contributed by atoms with Crippen LogP contribution in [0.15, 0.2) is 72.5 Å². The Labute approximate surface area is 157 Å². The number of unbranched alkanes of at least 4 members (excludes halogenated alkanes) is 1. The van der Waals surface area contributed by atoms with E-state index in [0.717, 1.165) is 19.3 Å². The molecule has 0 fully saturated rings. The van der Waals surface area contributed by atoms with Crippen LogP contribution in [0.1, 0.15) is 58.3 Å². The Morgan fingerprint density at radius 1 is 0.846 bits per heavy atom. The molecular weight excluding hydrogens is 326 g/mol. The zero-order valence-corrected chi connectivity index (χ0v) is 15.7. The number of hydrogen-bond acceptors (Lipinski definition) is 3. The van der Waals surface area contributed by atoms with Gasteiger partial charge >= 0.3 is 0 Å². The zero-order valence-electron chi connectivity index (χ0n) is 15.7. The summed E-state index contributed by atoms with van der Waals surface area (Å²) in [5, 5.41) is 11.0. The monoisotopic (exact) mass is 356 g/mol. The maximum atomic E-state index is 11.0. The van der Waals surface area contributed by atoms with Crippen LogP contribution in [-0.4, -0.2) is 11.2 Å². The Hall–Kier alpha value is -2.49. The minimum Gasteiger partial charge on any atom is -0.291 e. The lowest BCUT2D eigenvalue weighted by atomic mass is 10.2. The maximum Gasteiger partial charge on any atom is 0.246 e. The van der Waals surface area contributed by atoms with Crippen LogP contribution < -0.4 is 0 Å². The van der Waals surface area contributed by atoms with Crippen molar-refractivity contribution in [3.8, 4) is 0 Å². The maximum absolute atomic E-state index is 11.0. The molecule has 0 aromatic carbocycles. The average molecular weight is 356 g/mol. The van der Waals surface area contributed by atoms with Crippen molar-refractivity contribution >= 4 is 6.29 Å². The quantitative estimate of drug-likeness (QED) is 0.152. The van der Waals surface area contributed by atoms with Gasteiger partial charge in [0, 0.05) is 6.42 Å². The van der Waals surface area contributed by atoms with Gasteiger partial charge in [-0.05, 0) is 44.6 Å². The van der Waals surface area contributed by atoms with Crippen LogP contribution in [0, 0.1) is 10.1 Å². The van der Waals surface area contributed by atoms with Crippen LogP contribution in [0.25, 0.3) is 0 Å². The highest BCUT2D eigenvalue weighted by atomic mass is 16.6. The second kappa shape index (κ2) is 18.8. The van der Waals surface area contributed by atoms with Gasteiger partial charge in [-0.25, -0.2) is 0 Å². The van der Waals surface area contributed by atoms with E-state index in [1.165, 1.54) is 0 Å². The Balaban J connectivity index is 4.10. The third-order valence-electron chi connectivity index (χ3n) is 3.35. The molecule has 0 rings (SSSR count). The first-order chi connectivity index (χ1) is 12.7. The minimum atomic E-state index is -0.325. The predicted octanol–water partition coefficient (Wildman–Crippen LogP) is 6.18. The lowest BCUT2D eigenvalue weighted by molar-refractivity contribution is -0.427. The van der Waals surface area contributed by atoms with E-state index in [2.05, 4.69) is 31.2 Å². The topological polar surface area (TPSA) is 60.2 Å². The summed E-state index contributed by atoms with van der Waals surface area (Å²) in [6.07, 6.45) is 29.1. The minimum absolute atomic E-state index is 0.214. The normalized spacial score (nSPS) is 13.2. The molecule has 0 saturated heterocycles. The lowest BCUT2D eigenvalue weighted by Crippen LogP contribution is -1.97. The van der Waals surface area contributed by atoms with Crippen LogP contribution >= 0.6 is 0 Å².